The molecule has 3 heteroatoms. The van der Waals surface area contributed by atoms with Crippen LogP contribution in [0.1, 0.15) is 23.8 Å². The van der Waals surface area contributed by atoms with Gasteiger partial charge in [0.1, 0.15) is 5.76 Å². The number of aliphatic hydroxyl groups excluding tert-OH is 1. The van der Waals surface area contributed by atoms with Crippen LogP contribution in [0.3, 0.4) is 0 Å². The van der Waals surface area contributed by atoms with Gasteiger partial charge in [0.15, 0.2) is 0 Å². The molecule has 0 saturated carbocycles. The molecule has 1 unspecified atom stereocenters. The molecule has 0 aliphatic heterocycles. The Morgan fingerprint density at radius 1 is 1.73 bits per heavy atom. The van der Waals surface area contributed by atoms with Crippen LogP contribution in [-0.4, -0.2) is 11.7 Å². The lowest BCUT2D eigenvalue weighted by molar-refractivity contribution is 0.276. The molecule has 62 valence electrons. The van der Waals surface area contributed by atoms with Gasteiger partial charge in [-0.25, -0.2) is 0 Å². The third-order valence-electron chi connectivity index (χ3n) is 1.74. The Balaban J connectivity index is 2.67. The summed E-state index contributed by atoms with van der Waals surface area (Å²) in [6.07, 6.45) is 2.20. The van der Waals surface area contributed by atoms with E-state index in [-0.39, 0.29) is 12.6 Å². The van der Waals surface area contributed by atoms with Crippen LogP contribution in [0.25, 0.3) is 0 Å². The van der Waals surface area contributed by atoms with Crippen LogP contribution in [0, 0.1) is 6.92 Å². The van der Waals surface area contributed by atoms with Crippen molar-refractivity contribution >= 4 is 0 Å². The van der Waals surface area contributed by atoms with Gasteiger partial charge in [0.2, 0.25) is 0 Å². The van der Waals surface area contributed by atoms with Crippen molar-refractivity contribution in [1.82, 2.24) is 0 Å². The molecular weight excluding hydrogens is 142 g/mol. The molecule has 1 atom stereocenters. The number of aryl methyl sites for hydroxylation is 1. The number of hydrogen-bond donors (Lipinski definition) is 2. The van der Waals surface area contributed by atoms with Crippen molar-refractivity contribution < 1.29 is 9.52 Å². The minimum absolute atomic E-state index is 0.0984. The van der Waals surface area contributed by atoms with Crippen molar-refractivity contribution in [2.24, 2.45) is 5.73 Å². The molecule has 0 amide bonds. The summed E-state index contributed by atoms with van der Waals surface area (Å²) in [5, 5.41) is 8.62. The van der Waals surface area contributed by atoms with Crippen LogP contribution in [-0.2, 0) is 0 Å². The van der Waals surface area contributed by atoms with Gasteiger partial charge in [0.05, 0.1) is 6.26 Å². The Bertz CT molecular complexity index is 220. The smallest absolute Gasteiger partial charge is 0.105 e. The van der Waals surface area contributed by atoms with Gasteiger partial charge in [-0.1, -0.05) is 0 Å². The highest BCUT2D eigenvalue weighted by molar-refractivity contribution is 5.19. The lowest BCUT2D eigenvalue weighted by Crippen LogP contribution is -2.11. The van der Waals surface area contributed by atoms with Gasteiger partial charge in [0.25, 0.3) is 0 Å². The van der Waals surface area contributed by atoms with E-state index in [0.717, 1.165) is 11.3 Å². The van der Waals surface area contributed by atoms with Gasteiger partial charge in [-0.15, -0.1) is 0 Å². The second kappa shape index (κ2) is 3.55. The summed E-state index contributed by atoms with van der Waals surface area (Å²) in [5.74, 6) is 0.839. The molecule has 1 aromatic rings. The molecule has 0 fully saturated rings. The molecule has 3 N–H and O–H groups in total. The van der Waals surface area contributed by atoms with Crippen molar-refractivity contribution in [2.75, 3.05) is 6.61 Å². The van der Waals surface area contributed by atoms with Gasteiger partial charge in [0, 0.05) is 18.2 Å². The molecule has 3 nitrogen and oxygen atoms in total. The molecule has 0 spiro atoms. The van der Waals surface area contributed by atoms with Crippen LogP contribution >= 0.6 is 0 Å². The predicted molar refractivity (Wildman–Crippen MR) is 42.1 cm³/mol. The maximum absolute atomic E-state index is 8.62. The molecule has 1 rings (SSSR count). The van der Waals surface area contributed by atoms with Crippen LogP contribution in [0.2, 0.25) is 0 Å². The molecule has 0 aromatic carbocycles. The van der Waals surface area contributed by atoms with Gasteiger partial charge in [-0.3, -0.25) is 0 Å². The fourth-order valence-electron chi connectivity index (χ4n) is 1.07. The van der Waals surface area contributed by atoms with Crippen molar-refractivity contribution in [2.45, 2.75) is 19.4 Å². The Morgan fingerprint density at radius 2 is 2.45 bits per heavy atom. The van der Waals surface area contributed by atoms with Crippen LogP contribution in [0.15, 0.2) is 16.7 Å². The molecular formula is C8H13NO2. The largest absolute Gasteiger partial charge is 0.469 e. The van der Waals surface area contributed by atoms with E-state index in [1.165, 1.54) is 0 Å². The fourth-order valence-corrected chi connectivity index (χ4v) is 1.07. The predicted octanol–water partition coefficient (Wildman–Crippen LogP) is 0.970. The molecule has 11 heavy (non-hydrogen) atoms. The second-order valence-corrected chi connectivity index (χ2v) is 2.55. The average Bonchev–Trinajstić information content (AvgIpc) is 2.36. The normalized spacial score (nSPS) is 13.4. The Morgan fingerprint density at radius 3 is 2.91 bits per heavy atom. The molecule has 1 aromatic heterocycles. The monoisotopic (exact) mass is 155 g/mol. The summed E-state index contributed by atoms with van der Waals surface area (Å²) >= 11 is 0. The zero-order valence-electron chi connectivity index (χ0n) is 6.58. The van der Waals surface area contributed by atoms with E-state index in [1.54, 1.807) is 6.26 Å². The standard InChI is InChI=1S/C8H13NO2/c1-6-7(3-5-11-6)8(9)2-4-10/h3,5,8,10H,2,4,9H2,1H3. The minimum Gasteiger partial charge on any atom is -0.469 e. The molecule has 0 radical (unpaired) electrons. The fraction of sp³-hybridized carbons (Fsp3) is 0.500. The first kappa shape index (κ1) is 8.30. The second-order valence-electron chi connectivity index (χ2n) is 2.55. The van der Waals surface area contributed by atoms with E-state index in [9.17, 15) is 0 Å². The zero-order valence-corrected chi connectivity index (χ0v) is 6.58. The minimum atomic E-state index is -0.0984. The maximum atomic E-state index is 8.62. The van der Waals surface area contributed by atoms with E-state index in [4.69, 9.17) is 15.3 Å². The lowest BCUT2D eigenvalue weighted by atomic mass is 10.1. The first-order chi connectivity index (χ1) is 5.25. The Hall–Kier alpha value is -0.800. The summed E-state index contributed by atoms with van der Waals surface area (Å²) in [5.41, 5.74) is 6.72. The summed E-state index contributed by atoms with van der Waals surface area (Å²) in [4.78, 5) is 0. The Kier molecular flexibility index (Phi) is 2.68. The SMILES string of the molecule is Cc1occc1C(N)CCO. The van der Waals surface area contributed by atoms with Gasteiger partial charge < -0.3 is 15.3 Å². The number of hydrogen-bond acceptors (Lipinski definition) is 3. The van der Waals surface area contributed by atoms with E-state index in [2.05, 4.69) is 0 Å². The zero-order chi connectivity index (χ0) is 8.27. The number of furan rings is 1. The van der Waals surface area contributed by atoms with E-state index >= 15 is 0 Å². The molecule has 1 heterocycles. The molecule has 0 aliphatic rings. The van der Waals surface area contributed by atoms with Gasteiger partial charge in [-0.05, 0) is 19.4 Å². The molecule has 0 saturated heterocycles. The first-order valence-electron chi connectivity index (χ1n) is 3.66. The third kappa shape index (κ3) is 1.82. The number of aliphatic hydroxyl groups is 1. The highest BCUT2D eigenvalue weighted by atomic mass is 16.3. The topological polar surface area (TPSA) is 59.4 Å². The van der Waals surface area contributed by atoms with Crippen LogP contribution < -0.4 is 5.73 Å². The molecule has 0 aliphatic carbocycles. The van der Waals surface area contributed by atoms with E-state index < -0.39 is 0 Å². The maximum Gasteiger partial charge on any atom is 0.105 e. The van der Waals surface area contributed by atoms with Gasteiger partial charge in [-0.2, -0.15) is 0 Å². The number of rotatable bonds is 3. The first-order valence-corrected chi connectivity index (χ1v) is 3.66. The number of nitrogens with two attached hydrogens (primary N) is 1. The molecule has 0 bridgehead atoms. The highest BCUT2D eigenvalue weighted by Crippen LogP contribution is 2.18. The van der Waals surface area contributed by atoms with Gasteiger partial charge >= 0.3 is 0 Å². The Labute approximate surface area is 65.8 Å². The van der Waals surface area contributed by atoms with Crippen LogP contribution in [0.5, 0.6) is 0 Å². The van der Waals surface area contributed by atoms with Crippen molar-refractivity contribution in [1.29, 1.82) is 0 Å². The van der Waals surface area contributed by atoms with Crippen molar-refractivity contribution in [3.8, 4) is 0 Å². The third-order valence-corrected chi connectivity index (χ3v) is 1.74. The summed E-state index contributed by atoms with van der Waals surface area (Å²) in [7, 11) is 0. The summed E-state index contributed by atoms with van der Waals surface area (Å²) in [6.45, 7) is 1.98. The van der Waals surface area contributed by atoms with Crippen molar-refractivity contribution in [3.63, 3.8) is 0 Å². The van der Waals surface area contributed by atoms with Crippen molar-refractivity contribution in [3.05, 3.63) is 23.7 Å². The quantitative estimate of drug-likeness (QED) is 0.683. The highest BCUT2D eigenvalue weighted by Gasteiger charge is 2.09. The summed E-state index contributed by atoms with van der Waals surface area (Å²) in [6, 6.07) is 1.74. The van der Waals surface area contributed by atoms with Crippen LogP contribution in [0.4, 0.5) is 0 Å². The van der Waals surface area contributed by atoms with E-state index in [0.29, 0.717) is 6.42 Å². The average molecular weight is 155 g/mol. The summed E-state index contributed by atoms with van der Waals surface area (Å²) < 4.78 is 5.07. The van der Waals surface area contributed by atoms with E-state index in [1.807, 2.05) is 13.0 Å². The lowest BCUT2D eigenvalue weighted by Gasteiger charge is -2.07.